The van der Waals surface area contributed by atoms with Gasteiger partial charge in [0.15, 0.2) is 11.5 Å². The van der Waals surface area contributed by atoms with Crippen molar-refractivity contribution in [3.8, 4) is 17.2 Å². The third-order valence-corrected chi connectivity index (χ3v) is 6.08. The van der Waals surface area contributed by atoms with Gasteiger partial charge >= 0.3 is 0 Å². The van der Waals surface area contributed by atoms with Crippen LogP contribution in [0, 0.1) is 0 Å². The van der Waals surface area contributed by atoms with Crippen LogP contribution in [0.1, 0.15) is 35.3 Å². The van der Waals surface area contributed by atoms with Gasteiger partial charge in [0.05, 0.1) is 14.2 Å². The van der Waals surface area contributed by atoms with Crippen LogP contribution in [0.5, 0.6) is 17.2 Å². The highest BCUT2D eigenvalue weighted by atomic mass is 79.9. The molecule has 0 aliphatic carbocycles. The van der Waals surface area contributed by atoms with Crippen molar-refractivity contribution < 1.29 is 14.6 Å². The number of methoxy groups -OCH3 is 2. The Bertz CT molecular complexity index is 1120. The van der Waals surface area contributed by atoms with Crippen molar-refractivity contribution in [2.45, 2.75) is 18.6 Å². The maximum atomic E-state index is 10.8. The molecule has 0 amide bonds. The Morgan fingerprint density at radius 1 is 1.00 bits per heavy atom. The normalized spacial score (nSPS) is 18.4. The van der Waals surface area contributed by atoms with E-state index < -0.39 is 0 Å². The van der Waals surface area contributed by atoms with E-state index in [0.717, 1.165) is 32.6 Å². The van der Waals surface area contributed by atoms with Crippen molar-refractivity contribution in [1.29, 1.82) is 0 Å². The third kappa shape index (κ3) is 4.56. The molecule has 7 heteroatoms. The van der Waals surface area contributed by atoms with Crippen molar-refractivity contribution in [1.82, 2.24) is 5.32 Å². The number of aliphatic imine (C=N–C) groups is 1. The molecule has 0 fully saturated rings. The molecule has 0 radical (unpaired) electrons. The van der Waals surface area contributed by atoms with E-state index in [2.05, 4.69) is 21.2 Å². The summed E-state index contributed by atoms with van der Waals surface area (Å²) in [5.41, 5.74) is 3.54. The summed E-state index contributed by atoms with van der Waals surface area (Å²) >= 11 is 9.64. The summed E-state index contributed by atoms with van der Waals surface area (Å²) < 4.78 is 11.8. The Labute approximate surface area is 194 Å². The molecule has 0 bridgehead atoms. The summed E-state index contributed by atoms with van der Waals surface area (Å²) in [4.78, 5) is 5.00. The highest BCUT2D eigenvalue weighted by Gasteiger charge is 2.30. The van der Waals surface area contributed by atoms with E-state index in [9.17, 15) is 5.11 Å². The number of halogens is 2. The lowest BCUT2D eigenvalue weighted by molar-refractivity contribution is 0.357. The molecule has 5 nitrogen and oxygen atoms in total. The average molecular weight is 502 g/mol. The number of nitrogens with one attached hydrogen (secondary N) is 1. The van der Waals surface area contributed by atoms with Crippen molar-refractivity contribution in [3.05, 3.63) is 86.8 Å². The van der Waals surface area contributed by atoms with Crippen LogP contribution >= 0.6 is 27.5 Å². The van der Waals surface area contributed by atoms with Crippen LogP contribution in [0.2, 0.25) is 5.02 Å². The fourth-order valence-corrected chi connectivity index (χ4v) is 4.29. The predicted molar refractivity (Wildman–Crippen MR) is 127 cm³/mol. The largest absolute Gasteiger partial charge is 0.504 e. The summed E-state index contributed by atoms with van der Waals surface area (Å²) in [7, 11) is 3.19. The first-order valence-corrected chi connectivity index (χ1v) is 10.9. The smallest absolute Gasteiger partial charge is 0.162 e. The first kappa shape index (κ1) is 21.7. The second kappa shape index (κ2) is 9.30. The zero-order valence-electron chi connectivity index (χ0n) is 17.1. The highest BCUT2D eigenvalue weighted by molar-refractivity contribution is 9.10. The van der Waals surface area contributed by atoms with Crippen LogP contribution in [-0.2, 0) is 0 Å². The zero-order chi connectivity index (χ0) is 22.0. The molecule has 3 aromatic rings. The van der Waals surface area contributed by atoms with Crippen LogP contribution in [0.4, 0.5) is 0 Å². The van der Waals surface area contributed by atoms with Crippen LogP contribution in [0.15, 0.2) is 70.1 Å². The molecule has 0 aromatic heterocycles. The maximum Gasteiger partial charge on any atom is 0.162 e. The lowest BCUT2D eigenvalue weighted by Gasteiger charge is -2.31. The minimum atomic E-state index is -0.373. The van der Waals surface area contributed by atoms with Crippen molar-refractivity contribution in [2.75, 3.05) is 14.2 Å². The Morgan fingerprint density at radius 2 is 1.74 bits per heavy atom. The van der Waals surface area contributed by atoms with E-state index in [1.54, 1.807) is 20.3 Å². The van der Waals surface area contributed by atoms with Crippen LogP contribution in [-0.4, -0.2) is 25.0 Å². The molecule has 0 unspecified atom stereocenters. The third-order valence-electron chi connectivity index (χ3n) is 5.33. The second-order valence-electron chi connectivity index (χ2n) is 7.19. The number of hydrogen-bond donors (Lipinski definition) is 2. The Hall–Kier alpha value is -2.54. The van der Waals surface area contributed by atoms with Crippen LogP contribution < -0.4 is 14.8 Å². The SMILES string of the molecule is COc1ccc(Br)cc1[C@H]1N=C(c2ccc(Cl)cc2)C[C@H](c2cccc(OC)c2O)N1. The molecule has 3 aromatic carbocycles. The van der Waals surface area contributed by atoms with Crippen LogP contribution in [0.3, 0.4) is 0 Å². The van der Waals surface area contributed by atoms with E-state index in [-0.39, 0.29) is 18.0 Å². The van der Waals surface area contributed by atoms with Gasteiger partial charge in [-0.15, -0.1) is 0 Å². The molecule has 31 heavy (non-hydrogen) atoms. The number of hydrogen-bond acceptors (Lipinski definition) is 5. The second-order valence-corrected chi connectivity index (χ2v) is 8.55. The van der Waals surface area contributed by atoms with Crippen molar-refractivity contribution in [3.63, 3.8) is 0 Å². The summed E-state index contributed by atoms with van der Waals surface area (Å²) in [5, 5.41) is 15.0. The molecule has 0 saturated carbocycles. The minimum absolute atomic E-state index is 0.125. The number of phenolic OH excluding ortho intramolecular Hbond substituents is 1. The molecule has 2 atom stereocenters. The Kier molecular flexibility index (Phi) is 6.51. The van der Waals surface area contributed by atoms with Gasteiger partial charge in [0.2, 0.25) is 0 Å². The minimum Gasteiger partial charge on any atom is -0.504 e. The van der Waals surface area contributed by atoms with E-state index in [1.165, 1.54) is 0 Å². The van der Waals surface area contributed by atoms with E-state index >= 15 is 0 Å². The van der Waals surface area contributed by atoms with Gasteiger partial charge in [-0.2, -0.15) is 0 Å². The molecule has 1 aliphatic rings. The standard InChI is InChI=1S/C24H22BrClN2O3/c1-30-21-11-8-15(25)12-18(21)24-27-19(14-6-9-16(26)10-7-14)13-20(28-24)17-4-3-5-22(31-2)23(17)29/h3-12,20,24,28-29H,13H2,1-2H3/t20-,24+/m1/s1. The van der Waals surface area contributed by atoms with Crippen LogP contribution in [0.25, 0.3) is 0 Å². The maximum absolute atomic E-state index is 10.8. The number of phenols is 1. The molecule has 4 rings (SSSR count). The average Bonchev–Trinajstić information content (AvgIpc) is 2.79. The number of benzene rings is 3. The Balaban J connectivity index is 1.81. The molecule has 1 heterocycles. The van der Waals surface area contributed by atoms with Gasteiger partial charge in [0, 0.05) is 38.8 Å². The lowest BCUT2D eigenvalue weighted by atomic mass is 9.93. The van der Waals surface area contributed by atoms with Gasteiger partial charge in [-0.05, 0) is 42.0 Å². The summed E-state index contributed by atoms with van der Waals surface area (Å²) in [6.45, 7) is 0. The van der Waals surface area contributed by atoms with E-state index in [1.807, 2.05) is 54.6 Å². The molecule has 0 saturated heterocycles. The topological polar surface area (TPSA) is 63.1 Å². The van der Waals surface area contributed by atoms with E-state index in [4.69, 9.17) is 26.1 Å². The molecule has 1 aliphatic heterocycles. The monoisotopic (exact) mass is 500 g/mol. The first-order chi connectivity index (χ1) is 15.0. The van der Waals surface area contributed by atoms with Crippen molar-refractivity contribution >= 4 is 33.2 Å². The summed E-state index contributed by atoms with van der Waals surface area (Å²) in [5.74, 6) is 1.29. The van der Waals surface area contributed by atoms with Gasteiger partial charge in [-0.25, -0.2) is 0 Å². The fraction of sp³-hybridized carbons (Fsp3) is 0.208. The Morgan fingerprint density at radius 3 is 2.45 bits per heavy atom. The number of ether oxygens (including phenoxy) is 2. The van der Waals surface area contributed by atoms with Gasteiger partial charge in [0.25, 0.3) is 0 Å². The molecule has 160 valence electrons. The van der Waals surface area contributed by atoms with Gasteiger partial charge in [0.1, 0.15) is 11.9 Å². The fourth-order valence-electron chi connectivity index (χ4n) is 3.79. The van der Waals surface area contributed by atoms with Gasteiger partial charge in [-0.3, -0.25) is 10.3 Å². The first-order valence-electron chi connectivity index (χ1n) is 9.78. The van der Waals surface area contributed by atoms with Crippen molar-refractivity contribution in [2.24, 2.45) is 4.99 Å². The zero-order valence-corrected chi connectivity index (χ0v) is 19.4. The predicted octanol–water partition coefficient (Wildman–Crippen LogP) is 6.05. The number of nitrogens with zero attached hydrogens (tertiary/aromatic N) is 1. The van der Waals surface area contributed by atoms with E-state index in [0.29, 0.717) is 17.2 Å². The van der Waals surface area contributed by atoms with Gasteiger partial charge < -0.3 is 14.6 Å². The highest BCUT2D eigenvalue weighted by Crippen LogP contribution is 2.40. The lowest BCUT2D eigenvalue weighted by Crippen LogP contribution is -2.33. The summed E-state index contributed by atoms with van der Waals surface area (Å²) in [6.07, 6.45) is 0.220. The molecule has 2 N–H and O–H groups in total. The quantitative estimate of drug-likeness (QED) is 0.447. The summed E-state index contributed by atoms with van der Waals surface area (Å²) in [6, 6.07) is 18.8. The number of rotatable bonds is 5. The number of para-hydroxylation sites is 1. The molecular formula is C24H22BrClN2O3. The van der Waals surface area contributed by atoms with Gasteiger partial charge in [-0.1, -0.05) is 51.8 Å². The molecule has 0 spiro atoms. The molecular weight excluding hydrogens is 480 g/mol. The number of aromatic hydroxyl groups is 1.